The third-order valence-electron chi connectivity index (χ3n) is 3.92. The van der Waals surface area contributed by atoms with E-state index in [0.717, 1.165) is 12.1 Å². The van der Waals surface area contributed by atoms with Gasteiger partial charge in [-0.15, -0.1) is 11.3 Å². The molecule has 1 unspecified atom stereocenters. The van der Waals surface area contributed by atoms with Crippen LogP contribution in [0.4, 0.5) is 5.13 Å². The molecule has 0 aliphatic heterocycles. The number of aromatic nitrogens is 2. The van der Waals surface area contributed by atoms with Crippen molar-refractivity contribution < 1.29 is 14.3 Å². The van der Waals surface area contributed by atoms with Gasteiger partial charge in [-0.3, -0.25) is 10.1 Å². The predicted octanol–water partition coefficient (Wildman–Crippen LogP) is 4.90. The Morgan fingerprint density at radius 1 is 1.07 bits per heavy atom. The lowest BCUT2D eigenvalue weighted by atomic mass is 10.1. The minimum atomic E-state index is -0.282. The van der Waals surface area contributed by atoms with E-state index in [1.807, 2.05) is 51.3 Å². The Morgan fingerprint density at radius 2 is 1.76 bits per heavy atom. The van der Waals surface area contributed by atoms with Gasteiger partial charge in [0.25, 0.3) is 5.91 Å². The first-order valence-corrected chi connectivity index (χ1v) is 10.4. The third-order valence-corrected chi connectivity index (χ3v) is 4.80. The van der Waals surface area contributed by atoms with E-state index in [1.165, 1.54) is 16.9 Å². The molecule has 0 spiro atoms. The van der Waals surface area contributed by atoms with E-state index in [4.69, 9.17) is 9.47 Å². The fraction of sp³-hybridized carbons (Fsp3) is 0.318. The summed E-state index contributed by atoms with van der Waals surface area (Å²) in [6.07, 6.45) is 0.547. The average molecular weight is 412 g/mol. The number of carbonyl (C=O) groups is 1. The van der Waals surface area contributed by atoms with E-state index in [1.54, 1.807) is 12.1 Å². The van der Waals surface area contributed by atoms with E-state index in [-0.39, 0.29) is 18.1 Å². The van der Waals surface area contributed by atoms with Crippen molar-refractivity contribution in [3.8, 4) is 11.8 Å². The number of hydrogen-bond acceptors (Lipinski definition) is 6. The minimum absolute atomic E-state index is 0.0722. The highest BCUT2D eigenvalue weighted by Crippen LogP contribution is 2.23. The molecular weight excluding hydrogens is 386 g/mol. The van der Waals surface area contributed by atoms with Crippen LogP contribution in [0, 0.1) is 6.92 Å². The van der Waals surface area contributed by atoms with Crippen LogP contribution in [-0.4, -0.2) is 28.1 Å². The number of nitrogens with zero attached hydrogens (tertiary/aromatic N) is 2. The molecule has 6 nitrogen and oxygen atoms in total. The zero-order valence-electron chi connectivity index (χ0n) is 17.0. The molecule has 3 aromatic rings. The van der Waals surface area contributed by atoms with Crippen LogP contribution in [0.3, 0.4) is 0 Å². The van der Waals surface area contributed by atoms with Crippen molar-refractivity contribution in [2.45, 2.75) is 46.3 Å². The first-order valence-electron chi connectivity index (χ1n) is 9.52. The second kappa shape index (κ2) is 9.52. The molecule has 2 heterocycles. The molecule has 152 valence electrons. The highest BCUT2D eigenvalue weighted by molar-refractivity contribution is 7.13. The number of hydrogen-bond donors (Lipinski definition) is 1. The number of benzene rings is 1. The van der Waals surface area contributed by atoms with E-state index in [9.17, 15) is 4.79 Å². The number of carbonyl (C=O) groups excluding carboxylic acids is 1. The molecule has 1 amide bonds. The van der Waals surface area contributed by atoms with Gasteiger partial charge in [-0.2, -0.15) is 4.98 Å². The first kappa shape index (κ1) is 20.8. The summed E-state index contributed by atoms with van der Waals surface area (Å²) in [6.45, 7) is 7.67. The normalized spacial score (nSPS) is 11.9. The van der Waals surface area contributed by atoms with Crippen molar-refractivity contribution in [1.29, 1.82) is 0 Å². The molecular formula is C22H25N3O3S. The highest BCUT2D eigenvalue weighted by Gasteiger charge is 2.16. The van der Waals surface area contributed by atoms with Crippen LogP contribution < -0.4 is 14.8 Å². The van der Waals surface area contributed by atoms with E-state index in [2.05, 4.69) is 27.4 Å². The smallest absolute Gasteiger partial charge is 0.257 e. The van der Waals surface area contributed by atoms with Crippen LogP contribution in [-0.2, 0) is 6.42 Å². The summed E-state index contributed by atoms with van der Waals surface area (Å²) in [5, 5.41) is 5.25. The van der Waals surface area contributed by atoms with Crippen molar-refractivity contribution in [1.82, 2.24) is 9.97 Å². The SMILES string of the molecule is Cc1csc(NC(=O)c2cc(OC(C)C)nc(OC(C)Cc3ccccc3)c2)n1. The second-order valence-electron chi connectivity index (χ2n) is 7.07. The molecule has 0 bridgehead atoms. The molecule has 1 N–H and O–H groups in total. The summed E-state index contributed by atoms with van der Waals surface area (Å²) >= 11 is 1.38. The molecule has 1 aromatic carbocycles. The van der Waals surface area contributed by atoms with Crippen molar-refractivity contribution in [2.24, 2.45) is 0 Å². The lowest BCUT2D eigenvalue weighted by molar-refractivity contribution is 0.102. The van der Waals surface area contributed by atoms with Gasteiger partial charge in [0.2, 0.25) is 11.8 Å². The molecule has 0 radical (unpaired) electrons. The highest BCUT2D eigenvalue weighted by atomic mass is 32.1. The number of ether oxygens (including phenoxy) is 2. The molecule has 1 atom stereocenters. The number of aryl methyl sites for hydroxylation is 1. The van der Waals surface area contributed by atoms with Gasteiger partial charge < -0.3 is 9.47 Å². The Labute approximate surface area is 174 Å². The Morgan fingerprint density at radius 3 is 2.38 bits per heavy atom. The maximum absolute atomic E-state index is 12.7. The van der Waals surface area contributed by atoms with Gasteiger partial charge in [0.05, 0.1) is 17.4 Å². The fourth-order valence-electron chi connectivity index (χ4n) is 2.75. The van der Waals surface area contributed by atoms with Crippen molar-refractivity contribution in [3.05, 3.63) is 64.7 Å². The fourth-order valence-corrected chi connectivity index (χ4v) is 3.43. The first-order chi connectivity index (χ1) is 13.9. The molecule has 0 fully saturated rings. The lowest BCUT2D eigenvalue weighted by Crippen LogP contribution is -2.18. The summed E-state index contributed by atoms with van der Waals surface area (Å²) in [6, 6.07) is 13.3. The molecule has 7 heteroatoms. The zero-order chi connectivity index (χ0) is 20.8. The third kappa shape index (κ3) is 6.29. The summed E-state index contributed by atoms with van der Waals surface area (Å²) in [5.41, 5.74) is 2.44. The van der Waals surface area contributed by atoms with Gasteiger partial charge >= 0.3 is 0 Å². The lowest BCUT2D eigenvalue weighted by Gasteiger charge is -2.16. The molecule has 0 aliphatic carbocycles. The van der Waals surface area contributed by atoms with E-state index >= 15 is 0 Å². The number of anilines is 1. The van der Waals surface area contributed by atoms with Gasteiger partial charge in [0.1, 0.15) is 6.10 Å². The summed E-state index contributed by atoms with van der Waals surface area (Å²) in [7, 11) is 0. The Balaban J connectivity index is 1.78. The van der Waals surface area contributed by atoms with Crippen molar-refractivity contribution in [3.63, 3.8) is 0 Å². The van der Waals surface area contributed by atoms with Crippen LogP contribution in [0.2, 0.25) is 0 Å². The van der Waals surface area contributed by atoms with E-state index < -0.39 is 0 Å². The maximum atomic E-state index is 12.7. The number of nitrogens with one attached hydrogen (secondary N) is 1. The summed E-state index contributed by atoms with van der Waals surface area (Å²) in [5.74, 6) is 0.424. The Bertz CT molecular complexity index is 957. The monoisotopic (exact) mass is 411 g/mol. The summed E-state index contributed by atoms with van der Waals surface area (Å²) in [4.78, 5) is 21.4. The predicted molar refractivity (Wildman–Crippen MR) is 115 cm³/mol. The van der Waals surface area contributed by atoms with Gasteiger partial charge in [-0.1, -0.05) is 30.3 Å². The van der Waals surface area contributed by atoms with Gasteiger partial charge in [-0.25, -0.2) is 4.98 Å². The van der Waals surface area contributed by atoms with E-state index in [0.29, 0.717) is 22.5 Å². The van der Waals surface area contributed by atoms with Crippen molar-refractivity contribution in [2.75, 3.05) is 5.32 Å². The van der Waals surface area contributed by atoms with Crippen LogP contribution in [0.1, 0.15) is 42.4 Å². The molecule has 0 saturated heterocycles. The van der Waals surface area contributed by atoms with Crippen LogP contribution in [0.15, 0.2) is 47.8 Å². The number of thiazole rings is 1. The second-order valence-corrected chi connectivity index (χ2v) is 7.92. The average Bonchev–Trinajstić information content (AvgIpc) is 3.06. The van der Waals surface area contributed by atoms with Crippen molar-refractivity contribution >= 4 is 22.4 Å². The summed E-state index contributed by atoms with van der Waals surface area (Å²) < 4.78 is 11.7. The van der Waals surface area contributed by atoms with Gasteiger partial charge in [0.15, 0.2) is 5.13 Å². The quantitative estimate of drug-likeness (QED) is 0.571. The molecule has 2 aromatic heterocycles. The maximum Gasteiger partial charge on any atom is 0.257 e. The minimum Gasteiger partial charge on any atom is -0.475 e. The van der Waals surface area contributed by atoms with Gasteiger partial charge in [-0.05, 0) is 33.3 Å². The topological polar surface area (TPSA) is 73.3 Å². The Kier molecular flexibility index (Phi) is 6.82. The van der Waals surface area contributed by atoms with Crippen LogP contribution in [0.5, 0.6) is 11.8 Å². The molecule has 0 saturated carbocycles. The number of pyridine rings is 1. The Hall–Kier alpha value is -2.93. The number of amides is 1. The van der Waals surface area contributed by atoms with Crippen LogP contribution >= 0.6 is 11.3 Å². The zero-order valence-corrected chi connectivity index (χ0v) is 17.8. The largest absolute Gasteiger partial charge is 0.475 e. The number of rotatable bonds is 8. The standard InChI is InChI=1S/C22H25N3O3S/c1-14(2)27-19-11-18(21(26)25-22-23-15(3)13-29-22)12-20(24-19)28-16(4)10-17-8-6-5-7-9-17/h5-9,11-14,16H,10H2,1-4H3,(H,23,25,26). The molecule has 3 rings (SSSR count). The van der Waals surface area contributed by atoms with Gasteiger partial charge in [0, 0.05) is 23.9 Å². The molecule has 29 heavy (non-hydrogen) atoms. The van der Waals surface area contributed by atoms with Crippen LogP contribution in [0.25, 0.3) is 0 Å². The molecule has 0 aliphatic rings.